The Morgan fingerprint density at radius 3 is 2.44 bits per heavy atom. The van der Waals surface area contributed by atoms with Gasteiger partial charge in [-0.05, 0) is 42.0 Å². The molecule has 0 aliphatic carbocycles. The number of rotatable bonds is 7. The molecule has 7 nitrogen and oxygen atoms in total. The lowest BCUT2D eigenvalue weighted by molar-refractivity contribution is -0.275. The second-order valence-corrected chi connectivity index (χ2v) is 9.44. The molecule has 0 atom stereocenters. The number of thiazole rings is 1. The number of hydrogen-bond acceptors (Lipinski definition) is 6. The Balaban J connectivity index is 1.64. The summed E-state index contributed by atoms with van der Waals surface area (Å²) in [5, 5.41) is 2.51. The van der Waals surface area contributed by atoms with Crippen LogP contribution >= 0.6 is 22.9 Å². The number of sulfonamides is 1. The summed E-state index contributed by atoms with van der Waals surface area (Å²) in [7, 11) is -3.96. The predicted molar refractivity (Wildman–Crippen MR) is 109 cm³/mol. The summed E-state index contributed by atoms with van der Waals surface area (Å²) in [6, 6.07) is 7.67. The smallest absolute Gasteiger partial charge is 0.403 e. The van der Waals surface area contributed by atoms with Gasteiger partial charge in [-0.3, -0.25) is 9.52 Å². The van der Waals surface area contributed by atoms with Crippen molar-refractivity contribution in [1.29, 1.82) is 0 Å². The zero-order valence-corrected chi connectivity index (χ0v) is 18.0. The number of amides is 1. The maximum absolute atomic E-state index is 13.5. The van der Waals surface area contributed by atoms with Gasteiger partial charge in [0.15, 0.2) is 16.7 Å². The molecule has 0 aliphatic heterocycles. The summed E-state index contributed by atoms with van der Waals surface area (Å²) in [5.41, 5.74) is 0.250. The van der Waals surface area contributed by atoms with Crippen molar-refractivity contribution in [3.05, 3.63) is 69.9 Å². The highest BCUT2D eigenvalue weighted by Gasteiger charge is 2.32. The summed E-state index contributed by atoms with van der Waals surface area (Å²) in [6.45, 7) is -0.222. The molecule has 0 aliphatic rings. The minimum atomic E-state index is -5.06. The number of carbonyl (C=O) groups is 1. The van der Waals surface area contributed by atoms with E-state index in [0.717, 1.165) is 23.5 Å². The summed E-state index contributed by atoms with van der Waals surface area (Å²) in [6.07, 6.45) is -3.78. The van der Waals surface area contributed by atoms with Gasteiger partial charge < -0.3 is 10.1 Å². The second-order valence-electron chi connectivity index (χ2n) is 6.09. The number of benzene rings is 2. The number of nitrogens with one attached hydrogen (secondary N) is 2. The Morgan fingerprint density at radius 1 is 1.16 bits per heavy atom. The van der Waals surface area contributed by atoms with Crippen LogP contribution in [0.25, 0.3) is 0 Å². The first-order chi connectivity index (χ1) is 14.9. The van der Waals surface area contributed by atoms with Crippen molar-refractivity contribution < 1.29 is 35.5 Å². The largest absolute Gasteiger partial charge is 0.573 e. The number of carbonyl (C=O) groups excluding carboxylic acids is 1. The molecular formula is C18H12ClF4N3O4S2. The van der Waals surface area contributed by atoms with E-state index in [2.05, 4.69) is 19.8 Å². The lowest BCUT2D eigenvalue weighted by Crippen LogP contribution is -2.23. The number of aromatic nitrogens is 1. The van der Waals surface area contributed by atoms with Crippen LogP contribution < -0.4 is 14.8 Å². The normalized spacial score (nSPS) is 11.8. The lowest BCUT2D eigenvalue weighted by atomic mass is 10.2. The monoisotopic (exact) mass is 509 g/mol. The predicted octanol–water partition coefficient (Wildman–Crippen LogP) is 4.57. The Hall–Kier alpha value is -2.90. The van der Waals surface area contributed by atoms with Crippen molar-refractivity contribution in [2.24, 2.45) is 0 Å². The maximum Gasteiger partial charge on any atom is 0.573 e. The van der Waals surface area contributed by atoms with E-state index in [9.17, 15) is 30.8 Å². The standard InChI is InChI=1S/C18H12ClF4N3O4S2/c19-15-9-25-17(31-15)26-32(28,29)12-4-2-11(3-5-12)16(27)24-8-10-1-6-13(20)14(7-10)30-18(21,22)23/h1-7,9H,8H2,(H,24,27)(H,25,26). The average molecular weight is 510 g/mol. The molecule has 1 amide bonds. The van der Waals surface area contributed by atoms with Gasteiger partial charge in [0.2, 0.25) is 0 Å². The van der Waals surface area contributed by atoms with Crippen LogP contribution in [0.5, 0.6) is 5.75 Å². The van der Waals surface area contributed by atoms with Gasteiger partial charge in [0, 0.05) is 12.1 Å². The van der Waals surface area contributed by atoms with Crippen LogP contribution in [0.15, 0.2) is 53.6 Å². The van der Waals surface area contributed by atoms with Crippen molar-refractivity contribution in [2.75, 3.05) is 4.72 Å². The third-order valence-electron chi connectivity index (χ3n) is 3.80. The van der Waals surface area contributed by atoms with E-state index in [1.807, 2.05) is 0 Å². The molecule has 170 valence electrons. The fourth-order valence-electron chi connectivity index (χ4n) is 2.41. The SMILES string of the molecule is O=C(NCc1ccc(F)c(OC(F)(F)F)c1)c1ccc(S(=O)(=O)Nc2ncc(Cl)s2)cc1. The van der Waals surface area contributed by atoms with Crippen LogP contribution in [-0.4, -0.2) is 25.7 Å². The molecule has 1 heterocycles. The van der Waals surface area contributed by atoms with Gasteiger partial charge in [0.05, 0.1) is 11.1 Å². The lowest BCUT2D eigenvalue weighted by Gasteiger charge is -2.12. The van der Waals surface area contributed by atoms with Crippen molar-refractivity contribution in [2.45, 2.75) is 17.8 Å². The van der Waals surface area contributed by atoms with Crippen LogP contribution in [0.1, 0.15) is 15.9 Å². The molecule has 0 saturated carbocycles. The topological polar surface area (TPSA) is 97.4 Å². The molecule has 3 aromatic rings. The molecule has 2 N–H and O–H groups in total. The van der Waals surface area contributed by atoms with Crippen LogP contribution in [0, 0.1) is 5.82 Å². The summed E-state index contributed by atoms with van der Waals surface area (Å²) in [5.74, 6) is -2.85. The zero-order chi connectivity index (χ0) is 23.5. The fourth-order valence-corrected chi connectivity index (χ4v) is 4.46. The number of nitrogens with zero attached hydrogens (tertiary/aromatic N) is 1. The molecule has 14 heteroatoms. The van der Waals surface area contributed by atoms with Crippen molar-refractivity contribution >= 4 is 44.0 Å². The highest BCUT2D eigenvalue weighted by molar-refractivity contribution is 7.93. The molecule has 0 spiro atoms. The van der Waals surface area contributed by atoms with Crippen LogP contribution in [-0.2, 0) is 16.6 Å². The number of ether oxygens (including phenoxy) is 1. The van der Waals surface area contributed by atoms with E-state index in [4.69, 9.17) is 11.6 Å². The minimum Gasteiger partial charge on any atom is -0.403 e. The Kier molecular flexibility index (Phi) is 6.91. The summed E-state index contributed by atoms with van der Waals surface area (Å²) in [4.78, 5) is 15.9. The molecule has 0 saturated heterocycles. The van der Waals surface area contributed by atoms with E-state index in [1.165, 1.54) is 36.5 Å². The Bertz CT molecular complexity index is 1230. The maximum atomic E-state index is 13.5. The number of anilines is 1. The van der Waals surface area contributed by atoms with Crippen molar-refractivity contribution in [3.8, 4) is 5.75 Å². The highest BCUT2D eigenvalue weighted by atomic mass is 35.5. The Labute approximate surface area is 188 Å². The van der Waals surface area contributed by atoms with Crippen LogP contribution in [0.4, 0.5) is 22.7 Å². The van der Waals surface area contributed by atoms with E-state index in [0.29, 0.717) is 4.34 Å². The van der Waals surface area contributed by atoms with E-state index in [1.54, 1.807) is 0 Å². The van der Waals surface area contributed by atoms with Crippen molar-refractivity contribution in [1.82, 2.24) is 10.3 Å². The molecule has 1 aromatic heterocycles. The summed E-state index contributed by atoms with van der Waals surface area (Å²) < 4.78 is 81.2. The molecule has 2 aromatic carbocycles. The molecule has 0 fully saturated rings. The third-order valence-corrected chi connectivity index (χ3v) is 6.31. The first kappa shape index (κ1) is 23.8. The Morgan fingerprint density at radius 2 is 1.84 bits per heavy atom. The molecule has 0 bridgehead atoms. The molecule has 3 rings (SSSR count). The molecule has 0 radical (unpaired) electrons. The average Bonchev–Trinajstić information content (AvgIpc) is 3.11. The third kappa shape index (κ3) is 6.31. The van der Waals surface area contributed by atoms with Gasteiger partial charge in [-0.15, -0.1) is 13.2 Å². The first-order valence-electron chi connectivity index (χ1n) is 8.49. The van der Waals surface area contributed by atoms with E-state index < -0.39 is 33.9 Å². The number of alkyl halides is 3. The van der Waals surface area contributed by atoms with Gasteiger partial charge in [-0.2, -0.15) is 0 Å². The number of hydrogen-bond donors (Lipinski definition) is 2. The molecule has 0 unspecified atom stereocenters. The van der Waals surface area contributed by atoms with Gasteiger partial charge in [0.25, 0.3) is 15.9 Å². The van der Waals surface area contributed by atoms with Crippen LogP contribution in [0.2, 0.25) is 4.34 Å². The van der Waals surface area contributed by atoms with Gasteiger partial charge in [0.1, 0.15) is 4.34 Å². The summed E-state index contributed by atoms with van der Waals surface area (Å²) >= 11 is 6.64. The van der Waals surface area contributed by atoms with E-state index >= 15 is 0 Å². The first-order valence-corrected chi connectivity index (χ1v) is 11.2. The minimum absolute atomic E-state index is 0.0741. The second kappa shape index (κ2) is 9.30. The molecular weight excluding hydrogens is 498 g/mol. The van der Waals surface area contributed by atoms with Gasteiger partial charge in [-0.1, -0.05) is 29.0 Å². The van der Waals surface area contributed by atoms with Gasteiger partial charge >= 0.3 is 6.36 Å². The van der Waals surface area contributed by atoms with Gasteiger partial charge in [-0.25, -0.2) is 17.8 Å². The molecule has 32 heavy (non-hydrogen) atoms. The van der Waals surface area contributed by atoms with Crippen LogP contribution in [0.3, 0.4) is 0 Å². The zero-order valence-electron chi connectivity index (χ0n) is 15.6. The number of halogens is 5. The van der Waals surface area contributed by atoms with E-state index in [-0.39, 0.29) is 27.7 Å². The fraction of sp³-hybridized carbons (Fsp3) is 0.111. The van der Waals surface area contributed by atoms with Crippen molar-refractivity contribution in [3.63, 3.8) is 0 Å². The quantitative estimate of drug-likeness (QED) is 0.455. The highest BCUT2D eigenvalue weighted by Crippen LogP contribution is 2.27.